The molecule has 0 saturated heterocycles. The van der Waals surface area contributed by atoms with Gasteiger partial charge in [0.1, 0.15) is 5.50 Å². The third-order valence-electron chi connectivity index (χ3n) is 3.56. The van der Waals surface area contributed by atoms with Gasteiger partial charge in [-0.25, -0.2) is 0 Å². The van der Waals surface area contributed by atoms with Crippen LogP contribution in [0.2, 0.25) is 0 Å². The van der Waals surface area contributed by atoms with E-state index in [1.54, 1.807) is 0 Å². The Bertz CT molecular complexity index is 714. The van der Waals surface area contributed by atoms with Gasteiger partial charge < -0.3 is 20.9 Å². The standard InChI is InChI=1S/C16H19ClN4/c1-10-3-6-14(16(17)20-10)21-12-4-5-13-11(8-18-2)9-19-15(13)7-12/h3-7,9,16,18-21H,8H2,1-2H3. The number of rotatable bonds is 4. The molecular weight excluding hydrogens is 284 g/mol. The predicted octanol–water partition coefficient (Wildman–Crippen LogP) is 3.26. The van der Waals surface area contributed by atoms with Gasteiger partial charge in [0.25, 0.3) is 0 Å². The molecule has 0 fully saturated rings. The number of aromatic amines is 1. The zero-order chi connectivity index (χ0) is 14.8. The van der Waals surface area contributed by atoms with E-state index in [2.05, 4.69) is 39.1 Å². The van der Waals surface area contributed by atoms with E-state index < -0.39 is 0 Å². The van der Waals surface area contributed by atoms with E-state index in [1.807, 2.05) is 32.3 Å². The van der Waals surface area contributed by atoms with Crippen molar-refractivity contribution in [3.05, 3.63) is 53.5 Å². The van der Waals surface area contributed by atoms with Gasteiger partial charge in [0, 0.05) is 35.0 Å². The van der Waals surface area contributed by atoms with Crippen molar-refractivity contribution in [2.75, 3.05) is 12.4 Å². The summed E-state index contributed by atoms with van der Waals surface area (Å²) in [5.74, 6) is 0. The summed E-state index contributed by atoms with van der Waals surface area (Å²) >= 11 is 6.29. The number of benzene rings is 1. The van der Waals surface area contributed by atoms with Crippen LogP contribution >= 0.6 is 11.6 Å². The van der Waals surface area contributed by atoms with Crippen molar-refractivity contribution < 1.29 is 0 Å². The highest BCUT2D eigenvalue weighted by atomic mass is 35.5. The molecule has 0 aliphatic carbocycles. The number of dihydropyridines is 1. The summed E-state index contributed by atoms with van der Waals surface area (Å²) in [6.07, 6.45) is 6.07. The van der Waals surface area contributed by atoms with Crippen LogP contribution in [0, 0.1) is 0 Å². The molecule has 3 rings (SSSR count). The summed E-state index contributed by atoms with van der Waals surface area (Å²) in [5.41, 5.74) is 5.20. The monoisotopic (exact) mass is 302 g/mol. The number of H-pyrrole nitrogens is 1. The van der Waals surface area contributed by atoms with Crippen LogP contribution in [0.4, 0.5) is 5.69 Å². The molecule has 0 saturated carbocycles. The molecule has 1 aliphatic rings. The van der Waals surface area contributed by atoms with Crippen LogP contribution in [0.3, 0.4) is 0 Å². The minimum atomic E-state index is -0.228. The van der Waals surface area contributed by atoms with Gasteiger partial charge in [-0.3, -0.25) is 0 Å². The zero-order valence-electron chi connectivity index (χ0n) is 12.1. The Morgan fingerprint density at radius 1 is 1.29 bits per heavy atom. The highest BCUT2D eigenvalue weighted by Gasteiger charge is 2.14. The number of aromatic nitrogens is 1. The van der Waals surface area contributed by atoms with E-state index in [1.165, 1.54) is 10.9 Å². The molecule has 2 aromatic rings. The fraction of sp³-hybridized carbons (Fsp3) is 0.250. The van der Waals surface area contributed by atoms with Gasteiger partial charge >= 0.3 is 0 Å². The molecule has 0 bridgehead atoms. The molecule has 110 valence electrons. The van der Waals surface area contributed by atoms with Crippen molar-refractivity contribution in [2.24, 2.45) is 0 Å². The number of hydrogen-bond donors (Lipinski definition) is 4. The second-order valence-corrected chi connectivity index (χ2v) is 5.64. The van der Waals surface area contributed by atoms with Gasteiger partial charge in [-0.1, -0.05) is 17.7 Å². The Morgan fingerprint density at radius 3 is 2.90 bits per heavy atom. The molecule has 1 aliphatic heterocycles. The molecule has 0 radical (unpaired) electrons. The van der Waals surface area contributed by atoms with Crippen molar-refractivity contribution in [1.82, 2.24) is 15.6 Å². The Hall–Kier alpha value is -1.91. The molecule has 2 heterocycles. The molecular formula is C16H19ClN4. The minimum absolute atomic E-state index is 0.228. The first-order valence-electron chi connectivity index (χ1n) is 6.98. The van der Waals surface area contributed by atoms with Crippen molar-refractivity contribution in [2.45, 2.75) is 19.0 Å². The maximum absolute atomic E-state index is 6.29. The van der Waals surface area contributed by atoms with Gasteiger partial charge in [-0.05, 0) is 43.8 Å². The maximum Gasteiger partial charge on any atom is 0.142 e. The Morgan fingerprint density at radius 2 is 2.14 bits per heavy atom. The number of anilines is 1. The molecule has 5 heteroatoms. The van der Waals surface area contributed by atoms with E-state index in [4.69, 9.17) is 11.6 Å². The zero-order valence-corrected chi connectivity index (χ0v) is 12.9. The average Bonchev–Trinajstić information content (AvgIpc) is 2.85. The van der Waals surface area contributed by atoms with E-state index in [-0.39, 0.29) is 5.50 Å². The highest BCUT2D eigenvalue weighted by molar-refractivity contribution is 6.22. The normalized spacial score (nSPS) is 18.1. The SMILES string of the molecule is CNCc1c[nH]c2cc(NC3=CC=C(C)NC3Cl)ccc12. The van der Waals surface area contributed by atoms with E-state index in [0.29, 0.717) is 0 Å². The molecule has 1 unspecified atom stereocenters. The fourth-order valence-electron chi connectivity index (χ4n) is 2.50. The summed E-state index contributed by atoms with van der Waals surface area (Å²) in [7, 11) is 1.95. The third-order valence-corrected chi connectivity index (χ3v) is 3.91. The van der Waals surface area contributed by atoms with Crippen LogP contribution in [0.25, 0.3) is 10.9 Å². The first-order valence-corrected chi connectivity index (χ1v) is 7.42. The highest BCUT2D eigenvalue weighted by Crippen LogP contribution is 2.24. The number of fused-ring (bicyclic) bond motifs is 1. The molecule has 0 amide bonds. The van der Waals surface area contributed by atoms with Crippen LogP contribution in [0.15, 0.2) is 47.9 Å². The Labute approximate surface area is 129 Å². The number of alkyl halides is 1. The fourth-order valence-corrected chi connectivity index (χ4v) is 2.80. The van der Waals surface area contributed by atoms with E-state index in [9.17, 15) is 0 Å². The van der Waals surface area contributed by atoms with Crippen LogP contribution in [0.1, 0.15) is 12.5 Å². The maximum atomic E-state index is 6.29. The summed E-state index contributed by atoms with van der Waals surface area (Å²) in [6, 6.07) is 6.30. The van der Waals surface area contributed by atoms with E-state index in [0.717, 1.165) is 29.1 Å². The lowest BCUT2D eigenvalue weighted by atomic mass is 10.1. The molecule has 0 spiro atoms. The van der Waals surface area contributed by atoms with Crippen LogP contribution < -0.4 is 16.0 Å². The van der Waals surface area contributed by atoms with Gasteiger partial charge in [-0.2, -0.15) is 0 Å². The Kier molecular flexibility index (Phi) is 3.90. The van der Waals surface area contributed by atoms with Crippen molar-refractivity contribution in [1.29, 1.82) is 0 Å². The topological polar surface area (TPSA) is 51.9 Å². The van der Waals surface area contributed by atoms with Crippen LogP contribution in [-0.2, 0) is 6.54 Å². The van der Waals surface area contributed by atoms with Gasteiger partial charge in [0.15, 0.2) is 0 Å². The van der Waals surface area contributed by atoms with Gasteiger partial charge in [0.05, 0.1) is 5.70 Å². The lowest BCUT2D eigenvalue weighted by molar-refractivity contribution is 0.799. The summed E-state index contributed by atoms with van der Waals surface area (Å²) in [4.78, 5) is 3.31. The molecule has 1 aromatic carbocycles. The van der Waals surface area contributed by atoms with Crippen molar-refractivity contribution in [3.63, 3.8) is 0 Å². The lowest BCUT2D eigenvalue weighted by Gasteiger charge is -2.22. The third kappa shape index (κ3) is 2.91. The molecule has 1 atom stereocenters. The van der Waals surface area contributed by atoms with Crippen LogP contribution in [-0.4, -0.2) is 17.5 Å². The minimum Gasteiger partial charge on any atom is -0.368 e. The van der Waals surface area contributed by atoms with E-state index >= 15 is 0 Å². The van der Waals surface area contributed by atoms with Crippen molar-refractivity contribution in [3.8, 4) is 0 Å². The van der Waals surface area contributed by atoms with Gasteiger partial charge in [-0.15, -0.1) is 0 Å². The first kappa shape index (κ1) is 14.0. The smallest absolute Gasteiger partial charge is 0.142 e. The number of halogens is 1. The second kappa shape index (κ2) is 5.84. The number of hydrogen-bond acceptors (Lipinski definition) is 3. The van der Waals surface area contributed by atoms with Crippen LogP contribution in [0.5, 0.6) is 0 Å². The molecule has 4 N–H and O–H groups in total. The average molecular weight is 303 g/mol. The molecule has 1 aromatic heterocycles. The number of nitrogens with one attached hydrogen (secondary N) is 4. The van der Waals surface area contributed by atoms with Crippen molar-refractivity contribution >= 4 is 28.2 Å². The predicted molar refractivity (Wildman–Crippen MR) is 89.3 cm³/mol. The molecule has 4 nitrogen and oxygen atoms in total. The number of allylic oxidation sites excluding steroid dienone is 3. The summed E-state index contributed by atoms with van der Waals surface area (Å²) in [5, 5.41) is 11.0. The summed E-state index contributed by atoms with van der Waals surface area (Å²) in [6.45, 7) is 2.85. The van der Waals surface area contributed by atoms with Gasteiger partial charge in [0.2, 0.25) is 0 Å². The quantitative estimate of drug-likeness (QED) is 0.518. The summed E-state index contributed by atoms with van der Waals surface area (Å²) < 4.78 is 0. The Balaban J connectivity index is 1.85. The second-order valence-electron chi connectivity index (χ2n) is 5.21. The largest absolute Gasteiger partial charge is 0.368 e. The molecule has 21 heavy (non-hydrogen) atoms. The lowest BCUT2D eigenvalue weighted by Crippen LogP contribution is -2.29. The first-order chi connectivity index (χ1) is 10.2.